The Morgan fingerprint density at radius 1 is 1.25 bits per heavy atom. The van der Waals surface area contributed by atoms with Gasteiger partial charge in [-0.05, 0) is 25.2 Å². The Hall–Kier alpha value is -1.10. The Kier molecular flexibility index (Phi) is 3.43. The van der Waals surface area contributed by atoms with Crippen molar-refractivity contribution in [3.8, 4) is 11.4 Å². The average Bonchev–Trinajstić information content (AvgIpc) is 2.65. The van der Waals surface area contributed by atoms with Crippen LogP contribution in [0.5, 0.6) is 0 Å². The lowest BCUT2D eigenvalue weighted by atomic mass is 10.2. The van der Waals surface area contributed by atoms with Crippen molar-refractivity contribution in [2.45, 2.75) is 6.54 Å². The molecule has 4 nitrogen and oxygen atoms in total. The summed E-state index contributed by atoms with van der Waals surface area (Å²) < 4.78 is 5.03. The van der Waals surface area contributed by atoms with Crippen LogP contribution in [-0.2, 0) is 6.54 Å². The molecular weight excluding hydrogens is 249 g/mol. The van der Waals surface area contributed by atoms with Crippen LogP contribution >= 0.6 is 23.2 Å². The maximum Gasteiger partial charge on any atom is 0.240 e. The van der Waals surface area contributed by atoms with Gasteiger partial charge < -0.3 is 9.84 Å². The molecule has 2 aromatic rings. The quantitative estimate of drug-likeness (QED) is 0.919. The Morgan fingerprint density at radius 2 is 1.94 bits per heavy atom. The van der Waals surface area contributed by atoms with Crippen molar-refractivity contribution in [2.75, 3.05) is 7.05 Å². The van der Waals surface area contributed by atoms with Crippen molar-refractivity contribution in [1.82, 2.24) is 15.5 Å². The van der Waals surface area contributed by atoms with E-state index >= 15 is 0 Å². The van der Waals surface area contributed by atoms with Gasteiger partial charge in [-0.2, -0.15) is 4.98 Å². The number of rotatable bonds is 3. The van der Waals surface area contributed by atoms with Crippen LogP contribution in [0.25, 0.3) is 11.4 Å². The van der Waals surface area contributed by atoms with E-state index in [0.717, 1.165) is 5.56 Å². The molecule has 1 aromatic heterocycles. The number of nitrogens with one attached hydrogen (secondary N) is 1. The summed E-state index contributed by atoms with van der Waals surface area (Å²) in [5.74, 6) is 1.00. The van der Waals surface area contributed by atoms with Crippen LogP contribution in [-0.4, -0.2) is 17.2 Å². The van der Waals surface area contributed by atoms with Crippen LogP contribution in [0.1, 0.15) is 5.89 Å². The molecule has 0 aliphatic rings. The smallest absolute Gasteiger partial charge is 0.240 e. The standard InChI is InChI=1S/C10H9Cl2N3O/c1-13-5-9-14-10(15-16-9)6-2-7(11)4-8(12)3-6/h2-4,13H,5H2,1H3. The summed E-state index contributed by atoms with van der Waals surface area (Å²) in [6.45, 7) is 0.529. The zero-order valence-corrected chi connectivity index (χ0v) is 10.0. The van der Waals surface area contributed by atoms with Gasteiger partial charge in [-0.3, -0.25) is 0 Å². The van der Waals surface area contributed by atoms with Crippen LogP contribution in [0.3, 0.4) is 0 Å². The molecule has 6 heteroatoms. The zero-order chi connectivity index (χ0) is 11.5. The molecule has 0 spiro atoms. The minimum Gasteiger partial charge on any atom is -0.338 e. The third-order valence-corrected chi connectivity index (χ3v) is 2.35. The van der Waals surface area contributed by atoms with Crippen molar-refractivity contribution in [3.63, 3.8) is 0 Å². The zero-order valence-electron chi connectivity index (χ0n) is 8.50. The lowest BCUT2D eigenvalue weighted by Crippen LogP contribution is -2.04. The minimum atomic E-state index is 0.481. The first-order valence-corrected chi connectivity index (χ1v) is 5.38. The molecule has 1 heterocycles. The Bertz CT molecular complexity index is 478. The lowest BCUT2D eigenvalue weighted by molar-refractivity contribution is 0.372. The summed E-state index contributed by atoms with van der Waals surface area (Å²) in [4.78, 5) is 4.19. The fourth-order valence-electron chi connectivity index (χ4n) is 1.28. The van der Waals surface area contributed by atoms with Gasteiger partial charge in [0.05, 0.1) is 6.54 Å². The number of aromatic nitrogens is 2. The summed E-state index contributed by atoms with van der Waals surface area (Å²) >= 11 is 11.8. The van der Waals surface area contributed by atoms with Crippen molar-refractivity contribution in [2.24, 2.45) is 0 Å². The fourth-order valence-corrected chi connectivity index (χ4v) is 1.80. The number of benzene rings is 1. The SMILES string of the molecule is CNCc1nc(-c2cc(Cl)cc(Cl)c2)no1. The van der Waals surface area contributed by atoms with Gasteiger partial charge in [-0.15, -0.1) is 0 Å². The molecule has 0 amide bonds. The summed E-state index contributed by atoms with van der Waals surface area (Å²) in [6, 6.07) is 5.13. The number of nitrogens with zero attached hydrogens (tertiary/aromatic N) is 2. The highest BCUT2D eigenvalue weighted by Gasteiger charge is 2.09. The molecule has 0 saturated heterocycles. The first kappa shape index (κ1) is 11.4. The minimum absolute atomic E-state index is 0.481. The van der Waals surface area contributed by atoms with Crippen molar-refractivity contribution < 1.29 is 4.52 Å². The Balaban J connectivity index is 2.34. The summed E-state index contributed by atoms with van der Waals surface area (Å²) in [7, 11) is 1.81. The predicted molar refractivity (Wildman–Crippen MR) is 62.5 cm³/mol. The molecule has 1 aromatic carbocycles. The van der Waals surface area contributed by atoms with Crippen LogP contribution in [0.15, 0.2) is 22.7 Å². The average molecular weight is 258 g/mol. The summed E-state index contributed by atoms with van der Waals surface area (Å²) in [5, 5.41) is 7.85. The molecule has 0 atom stereocenters. The first-order chi connectivity index (χ1) is 7.69. The van der Waals surface area contributed by atoms with Gasteiger partial charge >= 0.3 is 0 Å². The van der Waals surface area contributed by atoms with Crippen molar-refractivity contribution >= 4 is 23.2 Å². The van der Waals surface area contributed by atoms with Gasteiger partial charge in [0.2, 0.25) is 11.7 Å². The molecule has 0 radical (unpaired) electrons. The number of halogens is 2. The maximum absolute atomic E-state index is 5.89. The highest BCUT2D eigenvalue weighted by Crippen LogP contribution is 2.25. The highest BCUT2D eigenvalue weighted by molar-refractivity contribution is 6.35. The second kappa shape index (κ2) is 4.82. The summed E-state index contributed by atoms with van der Waals surface area (Å²) in [6.07, 6.45) is 0. The normalized spacial score (nSPS) is 10.7. The number of hydrogen-bond acceptors (Lipinski definition) is 4. The molecule has 0 bridgehead atoms. The van der Waals surface area contributed by atoms with E-state index in [0.29, 0.717) is 28.3 Å². The molecule has 0 aliphatic carbocycles. The van der Waals surface area contributed by atoms with Crippen molar-refractivity contribution in [3.05, 3.63) is 34.1 Å². The first-order valence-electron chi connectivity index (χ1n) is 4.62. The van der Waals surface area contributed by atoms with E-state index in [4.69, 9.17) is 27.7 Å². The largest absolute Gasteiger partial charge is 0.338 e. The number of hydrogen-bond donors (Lipinski definition) is 1. The maximum atomic E-state index is 5.89. The van der Waals surface area contributed by atoms with E-state index in [2.05, 4.69) is 15.5 Å². The Labute approximate surface area is 103 Å². The topological polar surface area (TPSA) is 51.0 Å². The van der Waals surface area contributed by atoms with E-state index in [1.165, 1.54) is 0 Å². The molecule has 84 valence electrons. The lowest BCUT2D eigenvalue weighted by Gasteiger charge is -1.97. The van der Waals surface area contributed by atoms with Crippen LogP contribution in [0.2, 0.25) is 10.0 Å². The third-order valence-electron chi connectivity index (χ3n) is 1.92. The van der Waals surface area contributed by atoms with Gasteiger partial charge in [-0.1, -0.05) is 28.4 Å². The molecule has 1 N–H and O–H groups in total. The van der Waals surface area contributed by atoms with E-state index in [1.54, 1.807) is 25.2 Å². The second-order valence-electron chi connectivity index (χ2n) is 3.20. The van der Waals surface area contributed by atoms with E-state index < -0.39 is 0 Å². The predicted octanol–water partition coefficient (Wildman–Crippen LogP) is 2.76. The Morgan fingerprint density at radius 3 is 2.56 bits per heavy atom. The van der Waals surface area contributed by atoms with Crippen LogP contribution in [0.4, 0.5) is 0 Å². The molecule has 2 rings (SSSR count). The van der Waals surface area contributed by atoms with Gasteiger partial charge in [0.15, 0.2) is 0 Å². The van der Waals surface area contributed by atoms with Crippen LogP contribution < -0.4 is 5.32 Å². The molecule has 0 saturated carbocycles. The molecule has 0 unspecified atom stereocenters. The molecule has 0 aliphatic heterocycles. The van der Waals surface area contributed by atoms with E-state index in [-0.39, 0.29) is 0 Å². The van der Waals surface area contributed by atoms with Crippen LogP contribution in [0, 0.1) is 0 Å². The van der Waals surface area contributed by atoms with Gasteiger partial charge in [0, 0.05) is 15.6 Å². The molecule has 0 fully saturated rings. The van der Waals surface area contributed by atoms with Gasteiger partial charge in [-0.25, -0.2) is 0 Å². The fraction of sp³-hybridized carbons (Fsp3) is 0.200. The second-order valence-corrected chi connectivity index (χ2v) is 4.07. The molecular formula is C10H9Cl2N3O. The van der Waals surface area contributed by atoms with Gasteiger partial charge in [0.25, 0.3) is 0 Å². The van der Waals surface area contributed by atoms with E-state index in [9.17, 15) is 0 Å². The van der Waals surface area contributed by atoms with E-state index in [1.807, 2.05) is 0 Å². The highest BCUT2D eigenvalue weighted by atomic mass is 35.5. The third kappa shape index (κ3) is 2.52. The van der Waals surface area contributed by atoms with Crippen molar-refractivity contribution in [1.29, 1.82) is 0 Å². The van der Waals surface area contributed by atoms with Gasteiger partial charge in [0.1, 0.15) is 0 Å². The summed E-state index contributed by atoms with van der Waals surface area (Å²) in [5.41, 5.74) is 0.739. The monoisotopic (exact) mass is 257 g/mol. The molecule has 16 heavy (non-hydrogen) atoms.